The quantitative estimate of drug-likeness (QED) is 0.452. The lowest BCUT2D eigenvalue weighted by Crippen LogP contribution is -2.20. The number of ether oxygens (including phenoxy) is 1. The fraction of sp³-hybridized carbons (Fsp3) is 0.250. The Kier molecular flexibility index (Phi) is 6.62. The van der Waals surface area contributed by atoms with Crippen molar-refractivity contribution >= 4 is 11.8 Å². The Labute approximate surface area is 162 Å². The highest BCUT2D eigenvalue weighted by Gasteiger charge is 2.15. The van der Waals surface area contributed by atoms with E-state index in [4.69, 9.17) is 4.74 Å². The van der Waals surface area contributed by atoms with Gasteiger partial charge in [-0.05, 0) is 31.2 Å². The van der Waals surface area contributed by atoms with Crippen molar-refractivity contribution in [3.8, 4) is 17.1 Å². The Bertz CT molecular complexity index is 865. The van der Waals surface area contributed by atoms with E-state index in [1.807, 2.05) is 47.9 Å². The zero-order valence-corrected chi connectivity index (χ0v) is 16.0. The molecular weight excluding hydrogens is 360 g/mol. The molecule has 140 valence electrons. The molecule has 0 aliphatic carbocycles. The standard InChI is InChI=1S/C20H22N4O2S/c1-3-12-24-19(16-8-10-21-11-9-16)22-23-20(24)27-14-17(25)13-26-18-6-4-15(2)5-7-18/h3-11,17,25H,1,12-14H2,2H3/t17-/m0/s1. The van der Waals surface area contributed by atoms with E-state index in [0.717, 1.165) is 22.3 Å². The van der Waals surface area contributed by atoms with Crippen LogP contribution in [0.4, 0.5) is 0 Å². The number of hydrogen-bond acceptors (Lipinski definition) is 6. The van der Waals surface area contributed by atoms with Gasteiger partial charge < -0.3 is 9.84 Å². The third kappa shape index (κ3) is 5.18. The first-order chi connectivity index (χ1) is 13.2. The summed E-state index contributed by atoms with van der Waals surface area (Å²) in [6.45, 7) is 6.64. The molecule has 6 nitrogen and oxygen atoms in total. The molecular formula is C20H22N4O2S. The van der Waals surface area contributed by atoms with Gasteiger partial charge in [0.05, 0.1) is 6.10 Å². The molecule has 2 heterocycles. The average molecular weight is 382 g/mol. The second-order valence-corrected chi connectivity index (χ2v) is 7.02. The van der Waals surface area contributed by atoms with Crippen molar-refractivity contribution in [3.05, 3.63) is 67.0 Å². The van der Waals surface area contributed by atoms with Crippen LogP contribution < -0.4 is 4.74 Å². The van der Waals surface area contributed by atoms with Crippen LogP contribution in [-0.2, 0) is 6.54 Å². The van der Waals surface area contributed by atoms with Crippen molar-refractivity contribution in [2.24, 2.45) is 0 Å². The summed E-state index contributed by atoms with van der Waals surface area (Å²) in [5, 5.41) is 19.5. The number of allylic oxidation sites excluding steroid dienone is 1. The zero-order chi connectivity index (χ0) is 19.1. The minimum absolute atomic E-state index is 0.225. The average Bonchev–Trinajstić information content (AvgIpc) is 3.09. The molecule has 0 bridgehead atoms. The lowest BCUT2D eigenvalue weighted by atomic mass is 10.2. The van der Waals surface area contributed by atoms with Crippen LogP contribution in [0.3, 0.4) is 0 Å². The first-order valence-electron chi connectivity index (χ1n) is 8.62. The van der Waals surface area contributed by atoms with Crippen molar-refractivity contribution in [2.75, 3.05) is 12.4 Å². The summed E-state index contributed by atoms with van der Waals surface area (Å²) < 4.78 is 7.61. The van der Waals surface area contributed by atoms with Crippen LogP contribution in [0.25, 0.3) is 11.4 Å². The van der Waals surface area contributed by atoms with Crippen molar-refractivity contribution in [3.63, 3.8) is 0 Å². The Morgan fingerprint density at radius 3 is 2.63 bits per heavy atom. The molecule has 0 aliphatic rings. The first-order valence-corrected chi connectivity index (χ1v) is 9.60. The van der Waals surface area contributed by atoms with Gasteiger partial charge in [-0.25, -0.2) is 0 Å². The number of thioether (sulfide) groups is 1. The number of aliphatic hydroxyl groups is 1. The maximum Gasteiger partial charge on any atom is 0.191 e. The zero-order valence-electron chi connectivity index (χ0n) is 15.2. The first kappa shape index (κ1) is 19.1. The number of hydrogen-bond donors (Lipinski definition) is 1. The topological polar surface area (TPSA) is 73.1 Å². The number of aryl methyl sites for hydroxylation is 1. The second-order valence-electron chi connectivity index (χ2n) is 6.03. The summed E-state index contributed by atoms with van der Waals surface area (Å²) in [5.41, 5.74) is 2.11. The Balaban J connectivity index is 1.60. The maximum absolute atomic E-state index is 10.2. The molecule has 1 aromatic carbocycles. The van der Waals surface area contributed by atoms with E-state index in [0.29, 0.717) is 12.3 Å². The van der Waals surface area contributed by atoms with Gasteiger partial charge in [-0.2, -0.15) is 0 Å². The van der Waals surface area contributed by atoms with E-state index < -0.39 is 6.10 Å². The fourth-order valence-corrected chi connectivity index (χ4v) is 3.30. The van der Waals surface area contributed by atoms with Crippen LogP contribution in [0.2, 0.25) is 0 Å². The predicted molar refractivity (Wildman–Crippen MR) is 107 cm³/mol. The van der Waals surface area contributed by atoms with Gasteiger partial charge >= 0.3 is 0 Å². The molecule has 0 aliphatic heterocycles. The molecule has 0 amide bonds. The molecule has 3 rings (SSSR count). The molecule has 0 spiro atoms. The Hall–Kier alpha value is -2.64. The van der Waals surface area contributed by atoms with Crippen LogP contribution in [0.1, 0.15) is 5.56 Å². The second kappa shape index (κ2) is 9.34. The number of benzene rings is 1. The SMILES string of the molecule is C=CCn1c(SC[C@@H](O)COc2ccc(C)cc2)nnc1-c1ccncc1. The van der Waals surface area contributed by atoms with E-state index in [2.05, 4.69) is 21.8 Å². The lowest BCUT2D eigenvalue weighted by Gasteiger charge is -2.13. The largest absolute Gasteiger partial charge is 0.491 e. The molecule has 2 aromatic heterocycles. The number of nitrogens with zero attached hydrogens (tertiary/aromatic N) is 4. The molecule has 7 heteroatoms. The molecule has 1 atom stereocenters. The molecule has 0 fully saturated rings. The third-order valence-corrected chi connectivity index (χ3v) is 4.95. The van der Waals surface area contributed by atoms with Gasteiger partial charge in [-0.15, -0.1) is 16.8 Å². The van der Waals surface area contributed by atoms with Crippen LogP contribution in [0, 0.1) is 6.92 Å². The van der Waals surface area contributed by atoms with Gasteiger partial charge in [0.15, 0.2) is 11.0 Å². The summed E-state index contributed by atoms with van der Waals surface area (Å²) in [5.74, 6) is 1.96. The summed E-state index contributed by atoms with van der Waals surface area (Å²) in [4.78, 5) is 4.03. The summed E-state index contributed by atoms with van der Waals surface area (Å²) >= 11 is 1.44. The highest BCUT2D eigenvalue weighted by Crippen LogP contribution is 2.24. The van der Waals surface area contributed by atoms with Crippen LogP contribution in [-0.4, -0.2) is 43.3 Å². The van der Waals surface area contributed by atoms with E-state index in [1.165, 1.54) is 17.3 Å². The number of rotatable bonds is 9. The molecule has 27 heavy (non-hydrogen) atoms. The molecule has 1 N–H and O–H groups in total. The smallest absolute Gasteiger partial charge is 0.191 e. The number of pyridine rings is 1. The summed E-state index contributed by atoms with van der Waals surface area (Å²) in [6.07, 6.45) is 4.63. The maximum atomic E-state index is 10.2. The Morgan fingerprint density at radius 1 is 1.19 bits per heavy atom. The van der Waals surface area contributed by atoms with Gasteiger partial charge in [0.25, 0.3) is 0 Å². The van der Waals surface area contributed by atoms with Crippen molar-refractivity contribution in [2.45, 2.75) is 24.7 Å². The molecule has 0 unspecified atom stereocenters. The molecule has 0 radical (unpaired) electrons. The third-order valence-electron chi connectivity index (χ3n) is 3.84. The fourth-order valence-electron chi connectivity index (χ4n) is 2.45. The van der Waals surface area contributed by atoms with E-state index in [1.54, 1.807) is 18.5 Å². The van der Waals surface area contributed by atoms with Crippen LogP contribution >= 0.6 is 11.8 Å². The predicted octanol–water partition coefficient (Wildman–Crippen LogP) is 3.37. The van der Waals surface area contributed by atoms with E-state index >= 15 is 0 Å². The highest BCUT2D eigenvalue weighted by molar-refractivity contribution is 7.99. The van der Waals surface area contributed by atoms with E-state index in [-0.39, 0.29) is 6.61 Å². The number of aliphatic hydroxyl groups excluding tert-OH is 1. The monoisotopic (exact) mass is 382 g/mol. The van der Waals surface area contributed by atoms with Gasteiger partial charge in [-0.3, -0.25) is 9.55 Å². The van der Waals surface area contributed by atoms with Crippen molar-refractivity contribution < 1.29 is 9.84 Å². The lowest BCUT2D eigenvalue weighted by molar-refractivity contribution is 0.126. The summed E-state index contributed by atoms with van der Waals surface area (Å²) in [6, 6.07) is 11.5. The van der Waals surface area contributed by atoms with Crippen molar-refractivity contribution in [1.82, 2.24) is 19.7 Å². The van der Waals surface area contributed by atoms with Gasteiger partial charge in [0, 0.05) is 30.3 Å². The van der Waals surface area contributed by atoms with Gasteiger partial charge in [0.2, 0.25) is 0 Å². The highest BCUT2D eigenvalue weighted by atomic mass is 32.2. The van der Waals surface area contributed by atoms with Crippen molar-refractivity contribution in [1.29, 1.82) is 0 Å². The number of aromatic nitrogens is 4. The minimum Gasteiger partial charge on any atom is -0.491 e. The van der Waals surface area contributed by atoms with Gasteiger partial charge in [0.1, 0.15) is 12.4 Å². The molecule has 0 saturated carbocycles. The molecule has 3 aromatic rings. The van der Waals surface area contributed by atoms with Gasteiger partial charge in [-0.1, -0.05) is 35.5 Å². The minimum atomic E-state index is -0.616. The van der Waals surface area contributed by atoms with E-state index in [9.17, 15) is 5.11 Å². The summed E-state index contributed by atoms with van der Waals surface area (Å²) in [7, 11) is 0. The molecule has 0 saturated heterocycles. The Morgan fingerprint density at radius 2 is 1.93 bits per heavy atom. The normalized spacial score (nSPS) is 11.9. The van der Waals surface area contributed by atoms with Crippen LogP contribution in [0.5, 0.6) is 5.75 Å². The van der Waals surface area contributed by atoms with Crippen LogP contribution in [0.15, 0.2) is 66.6 Å².